The van der Waals surface area contributed by atoms with E-state index in [0.29, 0.717) is 19.6 Å². The third-order valence-electron chi connectivity index (χ3n) is 2.46. The second kappa shape index (κ2) is 7.44. The van der Waals surface area contributed by atoms with Crippen molar-refractivity contribution in [3.8, 4) is 5.75 Å². The number of halogens is 3. The molecule has 0 saturated carbocycles. The first-order chi connectivity index (χ1) is 9.36. The molecule has 3 nitrogen and oxygen atoms in total. The van der Waals surface area contributed by atoms with Crippen molar-refractivity contribution in [3.63, 3.8) is 0 Å². The molecule has 112 valence electrons. The molecule has 1 aromatic carbocycles. The van der Waals surface area contributed by atoms with Gasteiger partial charge in [0.1, 0.15) is 10.7 Å². The van der Waals surface area contributed by atoms with E-state index in [2.05, 4.69) is 12.2 Å². The highest BCUT2D eigenvalue weighted by atomic mass is 32.1. The first kappa shape index (κ1) is 16.7. The van der Waals surface area contributed by atoms with Crippen molar-refractivity contribution in [2.45, 2.75) is 19.5 Å². The van der Waals surface area contributed by atoms with Crippen LogP contribution in [0.5, 0.6) is 5.75 Å². The summed E-state index contributed by atoms with van der Waals surface area (Å²) in [6.07, 6.45) is -4.00. The van der Waals surface area contributed by atoms with Gasteiger partial charge in [0.05, 0.1) is 12.2 Å². The molecule has 0 bridgehead atoms. The second-order valence-corrected chi connectivity index (χ2v) is 4.41. The summed E-state index contributed by atoms with van der Waals surface area (Å²) in [5.74, 6) is -0.228. The summed E-state index contributed by atoms with van der Waals surface area (Å²) in [6.45, 7) is 3.01. The average Bonchev–Trinajstić information content (AvgIpc) is 2.37. The number of alkyl halides is 3. The van der Waals surface area contributed by atoms with Crippen molar-refractivity contribution in [1.82, 2.24) is 0 Å². The zero-order valence-electron chi connectivity index (χ0n) is 11.0. The van der Waals surface area contributed by atoms with E-state index < -0.39 is 11.7 Å². The number of thiocarbonyl (C=S) groups is 1. The molecule has 0 atom stereocenters. The third-order valence-corrected chi connectivity index (χ3v) is 2.70. The minimum atomic E-state index is -4.52. The standard InChI is InChI=1S/C13H16F3NO2S/c1-2-18-6-3-7-19-11-5-4-9(12(17)20)8-10(11)13(14,15)16/h4-5,8H,2-3,6-7H2,1H3,(H2,17,20). The molecule has 0 spiro atoms. The quantitative estimate of drug-likeness (QED) is 0.621. The summed E-state index contributed by atoms with van der Waals surface area (Å²) in [5.41, 5.74) is 4.62. The van der Waals surface area contributed by atoms with Gasteiger partial charge in [-0.2, -0.15) is 13.2 Å². The summed E-state index contributed by atoms with van der Waals surface area (Å²) < 4.78 is 49.0. The third kappa shape index (κ3) is 4.97. The molecule has 0 amide bonds. The van der Waals surface area contributed by atoms with E-state index in [9.17, 15) is 13.2 Å². The summed E-state index contributed by atoms with van der Waals surface area (Å²) >= 11 is 4.68. The Labute approximate surface area is 120 Å². The maximum atomic E-state index is 12.9. The van der Waals surface area contributed by atoms with Crippen molar-refractivity contribution in [1.29, 1.82) is 0 Å². The van der Waals surface area contributed by atoms with E-state index in [1.807, 2.05) is 6.92 Å². The molecule has 0 aliphatic heterocycles. The predicted octanol–water partition coefficient (Wildman–Crippen LogP) is 3.15. The van der Waals surface area contributed by atoms with Crippen LogP contribution in [0, 0.1) is 0 Å². The van der Waals surface area contributed by atoms with Gasteiger partial charge in [-0.3, -0.25) is 0 Å². The molecule has 0 fully saturated rings. The highest BCUT2D eigenvalue weighted by Crippen LogP contribution is 2.36. The van der Waals surface area contributed by atoms with Gasteiger partial charge >= 0.3 is 6.18 Å². The lowest BCUT2D eigenvalue weighted by atomic mass is 10.1. The number of nitrogens with two attached hydrogens (primary N) is 1. The molecule has 0 saturated heterocycles. The number of rotatable bonds is 7. The first-order valence-corrected chi connectivity index (χ1v) is 6.48. The Bertz CT molecular complexity index is 463. The molecule has 0 aromatic heterocycles. The van der Waals surface area contributed by atoms with Gasteiger partial charge < -0.3 is 15.2 Å². The topological polar surface area (TPSA) is 44.5 Å². The van der Waals surface area contributed by atoms with Crippen LogP contribution in [0.2, 0.25) is 0 Å². The monoisotopic (exact) mass is 307 g/mol. The molecular formula is C13H16F3NO2S. The molecule has 0 heterocycles. The van der Waals surface area contributed by atoms with E-state index in [1.54, 1.807) is 0 Å². The minimum absolute atomic E-state index is 0.0848. The smallest absolute Gasteiger partial charge is 0.419 e. The van der Waals surface area contributed by atoms with E-state index in [4.69, 9.17) is 15.2 Å². The average molecular weight is 307 g/mol. The Balaban J connectivity index is 2.81. The highest BCUT2D eigenvalue weighted by molar-refractivity contribution is 7.80. The van der Waals surface area contributed by atoms with Crippen LogP contribution >= 0.6 is 12.2 Å². The highest BCUT2D eigenvalue weighted by Gasteiger charge is 2.34. The maximum absolute atomic E-state index is 12.9. The molecule has 0 unspecified atom stereocenters. The van der Waals surface area contributed by atoms with Gasteiger partial charge in [0.25, 0.3) is 0 Å². The zero-order chi connectivity index (χ0) is 15.2. The summed E-state index contributed by atoms with van der Waals surface area (Å²) in [5, 5.41) is 0. The Morgan fingerprint density at radius 1 is 1.30 bits per heavy atom. The SMILES string of the molecule is CCOCCCOc1ccc(C(N)=S)cc1C(F)(F)F. The van der Waals surface area contributed by atoms with Crippen molar-refractivity contribution >= 4 is 17.2 Å². The number of hydrogen-bond donors (Lipinski definition) is 1. The summed E-state index contributed by atoms with van der Waals surface area (Å²) in [7, 11) is 0. The van der Waals surface area contributed by atoms with Crippen molar-refractivity contribution in [2.75, 3.05) is 19.8 Å². The van der Waals surface area contributed by atoms with Gasteiger partial charge in [-0.25, -0.2) is 0 Å². The molecular weight excluding hydrogens is 291 g/mol. The van der Waals surface area contributed by atoms with Crippen LogP contribution in [0.1, 0.15) is 24.5 Å². The van der Waals surface area contributed by atoms with Gasteiger partial charge in [0.15, 0.2) is 0 Å². The zero-order valence-corrected chi connectivity index (χ0v) is 11.8. The normalized spacial score (nSPS) is 11.4. The first-order valence-electron chi connectivity index (χ1n) is 6.08. The number of benzene rings is 1. The Kier molecular flexibility index (Phi) is 6.22. The van der Waals surface area contributed by atoms with Crippen LogP contribution in [0.3, 0.4) is 0 Å². The van der Waals surface area contributed by atoms with Gasteiger partial charge in [-0.1, -0.05) is 12.2 Å². The van der Waals surface area contributed by atoms with E-state index in [0.717, 1.165) is 6.07 Å². The van der Waals surface area contributed by atoms with Gasteiger partial charge in [0, 0.05) is 25.2 Å². The molecule has 0 aliphatic rings. The summed E-state index contributed by atoms with van der Waals surface area (Å²) in [6, 6.07) is 3.55. The van der Waals surface area contributed by atoms with E-state index >= 15 is 0 Å². The molecule has 0 aliphatic carbocycles. The minimum Gasteiger partial charge on any atom is -0.493 e. The lowest BCUT2D eigenvalue weighted by Gasteiger charge is -2.15. The fourth-order valence-electron chi connectivity index (χ4n) is 1.52. The van der Waals surface area contributed by atoms with Crippen LogP contribution in [-0.4, -0.2) is 24.8 Å². The molecule has 1 aromatic rings. The van der Waals surface area contributed by atoms with Crippen LogP contribution in [0.4, 0.5) is 13.2 Å². The van der Waals surface area contributed by atoms with Crippen LogP contribution in [0.15, 0.2) is 18.2 Å². The number of hydrogen-bond acceptors (Lipinski definition) is 3. The van der Waals surface area contributed by atoms with Crippen LogP contribution in [-0.2, 0) is 10.9 Å². The molecule has 2 N–H and O–H groups in total. The Morgan fingerprint density at radius 2 is 2.00 bits per heavy atom. The van der Waals surface area contributed by atoms with E-state index in [1.165, 1.54) is 12.1 Å². The lowest BCUT2D eigenvalue weighted by molar-refractivity contribution is -0.139. The van der Waals surface area contributed by atoms with Gasteiger partial charge in [-0.15, -0.1) is 0 Å². The van der Waals surface area contributed by atoms with Crippen molar-refractivity contribution in [2.24, 2.45) is 5.73 Å². The second-order valence-electron chi connectivity index (χ2n) is 3.97. The van der Waals surface area contributed by atoms with Crippen molar-refractivity contribution in [3.05, 3.63) is 29.3 Å². The fraction of sp³-hybridized carbons (Fsp3) is 0.462. The fourth-order valence-corrected chi connectivity index (χ4v) is 1.65. The lowest BCUT2D eigenvalue weighted by Crippen LogP contribution is -2.14. The Morgan fingerprint density at radius 3 is 2.55 bits per heavy atom. The Hall–Kier alpha value is -1.34. The van der Waals surface area contributed by atoms with Crippen molar-refractivity contribution < 1.29 is 22.6 Å². The molecule has 7 heteroatoms. The largest absolute Gasteiger partial charge is 0.493 e. The predicted molar refractivity (Wildman–Crippen MR) is 73.9 cm³/mol. The van der Waals surface area contributed by atoms with Crippen LogP contribution in [0.25, 0.3) is 0 Å². The van der Waals surface area contributed by atoms with E-state index in [-0.39, 0.29) is 22.9 Å². The van der Waals surface area contributed by atoms with Crippen LogP contribution < -0.4 is 10.5 Å². The number of ether oxygens (including phenoxy) is 2. The molecule has 1 rings (SSSR count). The van der Waals surface area contributed by atoms with Gasteiger partial charge in [-0.05, 0) is 25.1 Å². The molecule has 20 heavy (non-hydrogen) atoms. The maximum Gasteiger partial charge on any atom is 0.419 e. The summed E-state index contributed by atoms with van der Waals surface area (Å²) in [4.78, 5) is -0.0848. The van der Waals surface area contributed by atoms with Gasteiger partial charge in [0.2, 0.25) is 0 Å². The molecule has 0 radical (unpaired) electrons.